The molecular weight excluding hydrogens is 652 g/mol. The molecule has 12 nitrogen and oxygen atoms in total. The maximum atomic E-state index is 14.7. The first-order chi connectivity index (χ1) is 24.2. The minimum absolute atomic E-state index is 0.0321. The predicted octanol–water partition coefficient (Wildman–Crippen LogP) is 4.97. The molecular formula is C39H54N4O8. The molecule has 0 spiro atoms. The summed E-state index contributed by atoms with van der Waals surface area (Å²) in [4.78, 5) is 60.6. The summed E-state index contributed by atoms with van der Waals surface area (Å²) in [6.45, 7) is 10.4. The molecule has 0 unspecified atom stereocenters. The van der Waals surface area contributed by atoms with Crippen molar-refractivity contribution in [2.45, 2.75) is 90.0 Å². The van der Waals surface area contributed by atoms with Gasteiger partial charge in [-0.1, -0.05) is 30.3 Å². The van der Waals surface area contributed by atoms with Gasteiger partial charge in [-0.05, 0) is 90.5 Å². The smallest absolute Gasteiger partial charge is 0.410 e. The number of ether oxygens (including phenoxy) is 4. The summed E-state index contributed by atoms with van der Waals surface area (Å²) in [5.41, 5.74) is 0.514. The van der Waals surface area contributed by atoms with Gasteiger partial charge in [0.05, 0.1) is 30.2 Å². The molecule has 2 heterocycles. The molecule has 2 aliphatic heterocycles. The summed E-state index contributed by atoms with van der Waals surface area (Å²) in [7, 11) is 3.22. The number of rotatable bonds is 13. The average Bonchev–Trinajstić information content (AvgIpc) is 3.91. The Morgan fingerprint density at radius 1 is 1.02 bits per heavy atom. The number of methoxy groups -OCH3 is 2. The number of fused-ring (bicyclic) bond motifs is 1. The molecule has 5 rings (SSSR count). The van der Waals surface area contributed by atoms with Gasteiger partial charge in [-0.25, -0.2) is 4.79 Å². The van der Waals surface area contributed by atoms with Crippen LogP contribution in [0.15, 0.2) is 48.5 Å². The number of carbonyl (C=O) groups excluding carboxylic acids is 4. The molecule has 0 radical (unpaired) electrons. The van der Waals surface area contributed by atoms with Crippen LogP contribution in [0, 0.1) is 11.8 Å². The Kier molecular flexibility index (Phi) is 12.0. The summed E-state index contributed by atoms with van der Waals surface area (Å²) >= 11 is 0. The highest BCUT2D eigenvalue weighted by Crippen LogP contribution is 2.43. The molecule has 278 valence electrons. The van der Waals surface area contributed by atoms with Crippen LogP contribution in [0.25, 0.3) is 0 Å². The lowest BCUT2D eigenvalue weighted by molar-refractivity contribution is -0.133. The molecule has 1 N–H and O–H groups in total. The predicted molar refractivity (Wildman–Crippen MR) is 194 cm³/mol. The fraction of sp³-hybridized carbons (Fsp3) is 0.590. The summed E-state index contributed by atoms with van der Waals surface area (Å²) in [6.07, 6.45) is 2.57. The van der Waals surface area contributed by atoms with E-state index < -0.39 is 29.1 Å². The van der Waals surface area contributed by atoms with Gasteiger partial charge in [0.2, 0.25) is 11.8 Å². The van der Waals surface area contributed by atoms with Crippen LogP contribution in [0.3, 0.4) is 0 Å². The molecule has 1 aliphatic carbocycles. The molecule has 0 bridgehead atoms. The first-order valence-corrected chi connectivity index (χ1v) is 18.0. The van der Waals surface area contributed by atoms with E-state index >= 15 is 0 Å². The second-order valence-corrected chi connectivity index (χ2v) is 15.4. The Balaban J connectivity index is 1.42. The number of hydrogen-bond donors (Lipinski definition) is 1. The highest BCUT2D eigenvalue weighted by Gasteiger charge is 2.45. The largest absolute Gasteiger partial charge is 0.476 e. The highest BCUT2D eigenvalue weighted by atomic mass is 16.6. The Bertz CT molecular complexity index is 1550. The third kappa shape index (κ3) is 9.59. The van der Waals surface area contributed by atoms with Crippen LogP contribution in [0.1, 0.15) is 65.9 Å². The van der Waals surface area contributed by atoms with Crippen molar-refractivity contribution in [3.8, 4) is 5.75 Å². The molecule has 1 saturated heterocycles. The lowest BCUT2D eigenvalue weighted by atomic mass is 9.87. The molecule has 4 amide bonds. The van der Waals surface area contributed by atoms with Crippen LogP contribution < -0.4 is 19.9 Å². The lowest BCUT2D eigenvalue weighted by Gasteiger charge is -2.40. The van der Waals surface area contributed by atoms with Gasteiger partial charge in [-0.15, -0.1) is 0 Å². The third-order valence-corrected chi connectivity index (χ3v) is 9.38. The van der Waals surface area contributed by atoms with Crippen molar-refractivity contribution in [3.63, 3.8) is 0 Å². The maximum Gasteiger partial charge on any atom is 0.410 e. The van der Waals surface area contributed by atoms with Crippen molar-refractivity contribution in [2.75, 3.05) is 56.9 Å². The van der Waals surface area contributed by atoms with Crippen LogP contribution in [-0.2, 0) is 35.0 Å². The molecule has 51 heavy (non-hydrogen) atoms. The van der Waals surface area contributed by atoms with Crippen molar-refractivity contribution >= 4 is 35.2 Å². The number of amides is 4. The third-order valence-electron chi connectivity index (χ3n) is 9.38. The number of nitrogens with zero attached hydrogens (tertiary/aromatic N) is 3. The second-order valence-electron chi connectivity index (χ2n) is 15.4. The molecule has 2 aromatic carbocycles. The van der Waals surface area contributed by atoms with E-state index in [2.05, 4.69) is 5.32 Å². The normalized spacial score (nSPS) is 20.6. The number of benzene rings is 2. The number of nitrogens with one attached hydrogen (secondary N) is 1. The van der Waals surface area contributed by atoms with Crippen molar-refractivity contribution in [2.24, 2.45) is 11.8 Å². The fourth-order valence-corrected chi connectivity index (χ4v) is 6.86. The van der Waals surface area contributed by atoms with E-state index in [9.17, 15) is 19.2 Å². The van der Waals surface area contributed by atoms with Crippen molar-refractivity contribution in [3.05, 3.63) is 54.1 Å². The SMILES string of the molecule is COCCCN1C(=O)C(C)(C)Oc2ccc(N(C(=O)[C@@H]3C[C@H](C(=O)N[C@H](COC)Cc4ccccc4)CN(C(=O)OC(C)(C)C)C3)C3CC3)cc21. The van der Waals surface area contributed by atoms with Gasteiger partial charge in [0.15, 0.2) is 5.60 Å². The van der Waals surface area contributed by atoms with Gasteiger partial charge >= 0.3 is 6.09 Å². The lowest BCUT2D eigenvalue weighted by Crippen LogP contribution is -2.55. The highest BCUT2D eigenvalue weighted by molar-refractivity contribution is 6.04. The molecule has 2 aromatic rings. The zero-order valence-corrected chi connectivity index (χ0v) is 31.1. The van der Waals surface area contributed by atoms with E-state index in [0.29, 0.717) is 49.7 Å². The second kappa shape index (κ2) is 16.0. The first kappa shape index (κ1) is 38.1. The van der Waals surface area contributed by atoms with Crippen molar-refractivity contribution in [1.82, 2.24) is 10.2 Å². The summed E-state index contributed by atoms with van der Waals surface area (Å²) in [6, 6.07) is 15.1. The van der Waals surface area contributed by atoms with E-state index in [0.717, 1.165) is 18.4 Å². The van der Waals surface area contributed by atoms with Crippen molar-refractivity contribution < 1.29 is 38.1 Å². The van der Waals surface area contributed by atoms with E-state index in [4.69, 9.17) is 18.9 Å². The number of hydrogen-bond acceptors (Lipinski definition) is 8. The molecule has 3 atom stereocenters. The van der Waals surface area contributed by atoms with Crippen LogP contribution >= 0.6 is 0 Å². The van der Waals surface area contributed by atoms with Crippen LogP contribution in [0.5, 0.6) is 5.75 Å². The van der Waals surface area contributed by atoms with Crippen LogP contribution in [0.2, 0.25) is 0 Å². The van der Waals surface area contributed by atoms with E-state index in [1.807, 2.05) is 48.5 Å². The Morgan fingerprint density at radius 2 is 1.73 bits per heavy atom. The standard InChI is InChI=1S/C39H54N4O8/c1-38(2,3)51-37(47)41-23-27(34(44)40-29(25-49-7)20-26-12-9-8-10-13-26)21-28(24-41)35(45)43(30-14-15-30)31-16-17-33-32(22-31)42(18-11-19-48-6)36(46)39(4,5)50-33/h8-10,12-13,16-17,22,27-30H,11,14-15,18-21,23-25H2,1-7H3,(H,40,44)/t27-,28+,29-/m0/s1. The summed E-state index contributed by atoms with van der Waals surface area (Å²) < 4.78 is 22.6. The van der Waals surface area contributed by atoms with Gasteiger partial charge in [0.25, 0.3) is 5.91 Å². The van der Waals surface area contributed by atoms with Gasteiger partial charge < -0.3 is 39.0 Å². The molecule has 0 aromatic heterocycles. The van der Waals surface area contributed by atoms with Crippen molar-refractivity contribution in [1.29, 1.82) is 0 Å². The van der Waals surface area contributed by atoms with Gasteiger partial charge in [-0.2, -0.15) is 0 Å². The number of likely N-dealkylation sites (tertiary alicyclic amines) is 1. The maximum absolute atomic E-state index is 14.7. The van der Waals surface area contributed by atoms with Gasteiger partial charge in [0.1, 0.15) is 11.4 Å². The van der Waals surface area contributed by atoms with Crippen LogP contribution in [0.4, 0.5) is 16.2 Å². The van der Waals surface area contributed by atoms with Gasteiger partial charge in [-0.3, -0.25) is 14.4 Å². The monoisotopic (exact) mass is 706 g/mol. The molecule has 12 heteroatoms. The summed E-state index contributed by atoms with van der Waals surface area (Å²) in [5, 5.41) is 3.14. The fourth-order valence-electron chi connectivity index (χ4n) is 6.86. The number of piperidine rings is 1. The minimum atomic E-state index is -1.04. The zero-order chi connectivity index (χ0) is 36.9. The van der Waals surface area contributed by atoms with E-state index in [-0.39, 0.29) is 49.3 Å². The Hall–Kier alpha value is -4.16. The van der Waals surface area contributed by atoms with E-state index in [1.54, 1.807) is 58.6 Å². The number of anilines is 2. The van der Waals surface area contributed by atoms with Gasteiger partial charge in [0, 0.05) is 52.2 Å². The Morgan fingerprint density at radius 3 is 2.37 bits per heavy atom. The summed E-state index contributed by atoms with van der Waals surface area (Å²) in [5.74, 6) is -1.32. The number of carbonyl (C=O) groups is 4. The topological polar surface area (TPSA) is 127 Å². The minimum Gasteiger partial charge on any atom is -0.476 e. The van der Waals surface area contributed by atoms with E-state index in [1.165, 1.54) is 4.90 Å². The molecule has 3 aliphatic rings. The zero-order valence-electron chi connectivity index (χ0n) is 31.1. The molecule has 1 saturated carbocycles. The average molecular weight is 707 g/mol. The quantitative estimate of drug-likeness (QED) is 0.290. The Labute approximate surface area is 301 Å². The first-order valence-electron chi connectivity index (χ1n) is 18.0. The van der Waals surface area contributed by atoms with Crippen LogP contribution in [-0.4, -0.2) is 99.1 Å². The molecule has 2 fully saturated rings.